The number of benzene rings is 1. The lowest BCUT2D eigenvalue weighted by Crippen LogP contribution is -2.31. The number of nitrogens with one attached hydrogen (secondary N) is 2. The van der Waals surface area contributed by atoms with E-state index in [0.717, 1.165) is 6.42 Å². The lowest BCUT2D eigenvalue weighted by atomic mass is 10.1. The van der Waals surface area contributed by atoms with Gasteiger partial charge in [0, 0.05) is 18.7 Å². The van der Waals surface area contributed by atoms with E-state index in [1.807, 2.05) is 18.2 Å². The molecular formula is C14H16N6O. The molecule has 7 nitrogen and oxygen atoms in total. The number of aromatic nitrogens is 4. The van der Waals surface area contributed by atoms with Crippen LogP contribution >= 0.6 is 0 Å². The second-order valence-corrected chi connectivity index (χ2v) is 4.80. The Morgan fingerprint density at radius 2 is 2.14 bits per heavy atom. The fourth-order valence-electron chi connectivity index (χ4n) is 2.19. The van der Waals surface area contributed by atoms with Gasteiger partial charge in [-0.25, -0.2) is 19.3 Å². The molecule has 21 heavy (non-hydrogen) atoms. The zero-order valence-corrected chi connectivity index (χ0v) is 11.4. The Labute approximate surface area is 120 Å². The summed E-state index contributed by atoms with van der Waals surface area (Å²) in [5.74, 6) is 0.646. The predicted molar refractivity (Wildman–Crippen MR) is 80.2 cm³/mol. The van der Waals surface area contributed by atoms with E-state index in [4.69, 9.17) is 5.73 Å². The minimum atomic E-state index is -0.302. The molecule has 3 rings (SSSR count). The summed E-state index contributed by atoms with van der Waals surface area (Å²) in [7, 11) is 0. The van der Waals surface area contributed by atoms with Crippen LogP contribution in [0.4, 0.5) is 5.82 Å². The number of hydrogen-bond acceptors (Lipinski definition) is 5. The number of nitrogens with zero attached hydrogens (tertiary/aromatic N) is 3. The monoisotopic (exact) mass is 284 g/mol. The number of rotatable bonds is 5. The molecule has 0 fully saturated rings. The number of H-pyrrole nitrogens is 1. The molecule has 7 heteroatoms. The first-order chi connectivity index (χ1) is 10.3. The lowest BCUT2D eigenvalue weighted by molar-refractivity contribution is 0.719. The molecule has 0 radical (unpaired) electrons. The minimum absolute atomic E-state index is 0.0630. The van der Waals surface area contributed by atoms with Crippen LogP contribution in [0.2, 0.25) is 0 Å². The summed E-state index contributed by atoms with van der Waals surface area (Å²) >= 11 is 0. The van der Waals surface area contributed by atoms with Crippen LogP contribution in [0, 0.1) is 0 Å². The fraction of sp³-hybridized carbons (Fsp3) is 0.214. The third kappa shape index (κ3) is 2.92. The van der Waals surface area contributed by atoms with Crippen molar-refractivity contribution in [2.75, 3.05) is 11.9 Å². The number of fused-ring (bicyclic) bond motifs is 1. The van der Waals surface area contributed by atoms with Gasteiger partial charge >= 0.3 is 5.69 Å². The van der Waals surface area contributed by atoms with Crippen molar-refractivity contribution in [1.29, 1.82) is 0 Å². The van der Waals surface area contributed by atoms with Crippen molar-refractivity contribution < 1.29 is 0 Å². The first-order valence-electron chi connectivity index (χ1n) is 6.69. The van der Waals surface area contributed by atoms with Crippen molar-refractivity contribution in [2.24, 2.45) is 5.73 Å². The largest absolute Gasteiger partial charge is 0.366 e. The molecule has 0 bridgehead atoms. The molecule has 0 amide bonds. The molecule has 2 heterocycles. The van der Waals surface area contributed by atoms with Crippen molar-refractivity contribution in [3.8, 4) is 0 Å². The summed E-state index contributed by atoms with van der Waals surface area (Å²) in [6, 6.07) is 11.9. The summed E-state index contributed by atoms with van der Waals surface area (Å²) < 4.78 is 1.35. The van der Waals surface area contributed by atoms with Crippen LogP contribution in [0.5, 0.6) is 0 Å². The van der Waals surface area contributed by atoms with E-state index in [1.165, 1.54) is 16.3 Å². The van der Waals surface area contributed by atoms with Crippen molar-refractivity contribution in [2.45, 2.75) is 12.5 Å². The van der Waals surface area contributed by atoms with Gasteiger partial charge in [0.2, 0.25) is 0 Å². The normalized spacial score (nSPS) is 12.4. The van der Waals surface area contributed by atoms with E-state index >= 15 is 0 Å². The summed E-state index contributed by atoms with van der Waals surface area (Å²) in [6.45, 7) is 0.481. The molecule has 108 valence electrons. The lowest BCUT2D eigenvalue weighted by Gasteiger charge is -2.17. The van der Waals surface area contributed by atoms with Crippen LogP contribution < -0.4 is 16.7 Å². The van der Waals surface area contributed by atoms with Crippen molar-refractivity contribution in [3.63, 3.8) is 0 Å². The first-order valence-corrected chi connectivity index (χ1v) is 6.69. The predicted octanol–water partition coefficient (Wildman–Crippen LogP) is 0.399. The van der Waals surface area contributed by atoms with Crippen LogP contribution in [0.1, 0.15) is 5.56 Å². The topological polar surface area (TPSA) is 101 Å². The Kier molecular flexibility index (Phi) is 3.65. The van der Waals surface area contributed by atoms with Gasteiger partial charge in [-0.3, -0.25) is 0 Å². The van der Waals surface area contributed by atoms with E-state index in [2.05, 4.69) is 32.6 Å². The Morgan fingerprint density at radius 3 is 2.90 bits per heavy atom. The van der Waals surface area contributed by atoms with Gasteiger partial charge in [0.25, 0.3) is 0 Å². The Bertz CT molecular complexity index is 779. The molecule has 0 aliphatic carbocycles. The van der Waals surface area contributed by atoms with Gasteiger partial charge in [0.05, 0.1) is 0 Å². The molecule has 2 aromatic heterocycles. The van der Waals surface area contributed by atoms with Gasteiger partial charge in [-0.15, -0.1) is 0 Å². The standard InChI is InChI=1S/C14H16N6O/c15-8-11(6-10-4-2-1-3-5-10)17-12-7-13-18-19-14(21)20(13)9-16-12/h1-5,7,9,11,17H,6,8,15H2,(H,19,21). The molecule has 1 atom stereocenters. The van der Waals surface area contributed by atoms with Gasteiger partial charge in [-0.2, -0.15) is 5.10 Å². The van der Waals surface area contributed by atoms with Gasteiger partial charge in [-0.05, 0) is 12.0 Å². The van der Waals surface area contributed by atoms with E-state index in [9.17, 15) is 4.79 Å². The molecule has 0 saturated carbocycles. The quantitative estimate of drug-likeness (QED) is 0.629. The second kappa shape index (κ2) is 5.76. The second-order valence-electron chi connectivity index (χ2n) is 4.80. The molecule has 3 aromatic rings. The van der Waals surface area contributed by atoms with Crippen LogP contribution in [0.15, 0.2) is 47.5 Å². The smallest absolute Gasteiger partial charge is 0.348 e. The highest BCUT2D eigenvalue weighted by Gasteiger charge is 2.09. The summed E-state index contributed by atoms with van der Waals surface area (Å²) in [5, 5.41) is 9.56. The highest BCUT2D eigenvalue weighted by atomic mass is 16.1. The maximum atomic E-state index is 11.4. The summed E-state index contributed by atoms with van der Waals surface area (Å²) in [6.07, 6.45) is 2.25. The molecule has 4 N–H and O–H groups in total. The summed E-state index contributed by atoms with van der Waals surface area (Å²) in [4.78, 5) is 15.6. The number of hydrogen-bond donors (Lipinski definition) is 3. The van der Waals surface area contributed by atoms with Crippen molar-refractivity contribution in [1.82, 2.24) is 19.6 Å². The SMILES string of the molecule is NCC(Cc1ccccc1)Nc1cc2n[nH]c(=O)n2cn1. The zero-order chi connectivity index (χ0) is 14.7. The fourth-order valence-corrected chi connectivity index (χ4v) is 2.19. The molecule has 0 saturated heterocycles. The van der Waals surface area contributed by atoms with Crippen LogP contribution in [0.25, 0.3) is 5.65 Å². The van der Waals surface area contributed by atoms with Crippen LogP contribution in [-0.4, -0.2) is 32.2 Å². The first kappa shape index (κ1) is 13.3. The third-order valence-corrected chi connectivity index (χ3v) is 3.27. The molecular weight excluding hydrogens is 268 g/mol. The van der Waals surface area contributed by atoms with Gasteiger partial charge < -0.3 is 11.1 Å². The van der Waals surface area contributed by atoms with E-state index in [0.29, 0.717) is 18.0 Å². The highest BCUT2D eigenvalue weighted by Crippen LogP contribution is 2.09. The van der Waals surface area contributed by atoms with Crippen LogP contribution in [-0.2, 0) is 6.42 Å². The average Bonchev–Trinajstić information content (AvgIpc) is 2.88. The molecule has 1 unspecified atom stereocenters. The maximum Gasteiger partial charge on any atom is 0.348 e. The molecule has 0 aliphatic rings. The summed E-state index contributed by atoms with van der Waals surface area (Å²) in [5.41, 5.74) is 7.24. The van der Waals surface area contributed by atoms with Gasteiger partial charge in [-0.1, -0.05) is 30.3 Å². The number of nitrogens with two attached hydrogens (primary N) is 1. The average molecular weight is 284 g/mol. The van der Waals surface area contributed by atoms with Gasteiger partial charge in [0.15, 0.2) is 5.65 Å². The zero-order valence-electron chi connectivity index (χ0n) is 11.4. The number of aromatic amines is 1. The van der Waals surface area contributed by atoms with E-state index in [-0.39, 0.29) is 11.7 Å². The Morgan fingerprint density at radius 1 is 1.33 bits per heavy atom. The minimum Gasteiger partial charge on any atom is -0.366 e. The van der Waals surface area contributed by atoms with E-state index < -0.39 is 0 Å². The van der Waals surface area contributed by atoms with Crippen molar-refractivity contribution >= 4 is 11.5 Å². The van der Waals surface area contributed by atoms with Gasteiger partial charge in [0.1, 0.15) is 12.1 Å². The maximum absolute atomic E-state index is 11.4. The Balaban J connectivity index is 1.77. The van der Waals surface area contributed by atoms with Crippen LogP contribution in [0.3, 0.4) is 0 Å². The number of anilines is 1. The van der Waals surface area contributed by atoms with E-state index in [1.54, 1.807) is 6.07 Å². The third-order valence-electron chi connectivity index (χ3n) is 3.27. The molecule has 1 aromatic carbocycles. The molecule has 0 aliphatic heterocycles. The molecule has 0 spiro atoms. The Hall–Kier alpha value is -2.67. The highest BCUT2D eigenvalue weighted by molar-refractivity contribution is 5.49. The van der Waals surface area contributed by atoms with Crippen molar-refractivity contribution in [3.05, 3.63) is 58.8 Å².